The first-order valence-corrected chi connectivity index (χ1v) is 26.7. The molecule has 6 nitrogen and oxygen atoms in total. The van der Waals surface area contributed by atoms with Crippen molar-refractivity contribution in [3.05, 3.63) is 36.5 Å². The number of carbonyl (C=O) groups excluding carboxylic acids is 2. The van der Waals surface area contributed by atoms with Crippen molar-refractivity contribution < 1.29 is 24.5 Å². The average molecular weight is 858 g/mol. The van der Waals surface area contributed by atoms with E-state index in [-0.39, 0.29) is 24.9 Å². The van der Waals surface area contributed by atoms with Gasteiger partial charge in [-0.3, -0.25) is 9.59 Å². The van der Waals surface area contributed by atoms with Crippen molar-refractivity contribution in [2.24, 2.45) is 0 Å². The maximum absolute atomic E-state index is 13.2. The third-order valence-corrected chi connectivity index (χ3v) is 12.3. The van der Waals surface area contributed by atoms with E-state index in [9.17, 15) is 19.8 Å². The van der Waals surface area contributed by atoms with Gasteiger partial charge in [0, 0.05) is 6.42 Å². The molecule has 0 aromatic carbocycles. The van der Waals surface area contributed by atoms with Crippen LogP contribution in [0.2, 0.25) is 0 Å². The molecule has 3 N–H and O–H groups in total. The molecular weight excluding hydrogens is 755 g/mol. The molecule has 0 aliphatic rings. The van der Waals surface area contributed by atoms with Gasteiger partial charge < -0.3 is 20.3 Å². The number of nitrogens with one attached hydrogen (secondary N) is 1. The lowest BCUT2D eigenvalue weighted by molar-refractivity contribution is -0.151. The fraction of sp³-hybridized carbons (Fsp3) is 0.855. The van der Waals surface area contributed by atoms with Crippen LogP contribution in [0, 0.1) is 0 Å². The Labute approximate surface area is 379 Å². The van der Waals surface area contributed by atoms with E-state index in [2.05, 4.69) is 56.5 Å². The number of aliphatic hydroxyl groups is 2. The van der Waals surface area contributed by atoms with Crippen LogP contribution in [-0.2, 0) is 14.3 Å². The monoisotopic (exact) mass is 858 g/mol. The van der Waals surface area contributed by atoms with E-state index in [0.29, 0.717) is 19.3 Å². The fourth-order valence-corrected chi connectivity index (χ4v) is 8.26. The van der Waals surface area contributed by atoms with Gasteiger partial charge in [0.1, 0.15) is 6.10 Å². The van der Waals surface area contributed by atoms with E-state index in [1.165, 1.54) is 161 Å². The smallest absolute Gasteiger partial charge is 0.306 e. The molecule has 3 unspecified atom stereocenters. The molecule has 0 bridgehead atoms. The molecule has 0 saturated carbocycles. The Morgan fingerprint density at radius 1 is 0.492 bits per heavy atom. The molecule has 6 heteroatoms. The Kier molecular flexibility index (Phi) is 47.6. The number of unbranched alkanes of at least 4 members (excludes halogenated alkanes) is 32. The van der Waals surface area contributed by atoms with Crippen molar-refractivity contribution in [1.82, 2.24) is 5.32 Å². The largest absolute Gasteiger partial charge is 0.462 e. The van der Waals surface area contributed by atoms with Crippen LogP contribution >= 0.6 is 0 Å². The summed E-state index contributed by atoms with van der Waals surface area (Å²) in [5.74, 6) is -0.497. The molecule has 0 fully saturated rings. The van der Waals surface area contributed by atoms with Crippen molar-refractivity contribution >= 4 is 11.9 Å². The van der Waals surface area contributed by atoms with Crippen LogP contribution in [-0.4, -0.2) is 46.9 Å². The van der Waals surface area contributed by atoms with Crippen molar-refractivity contribution in [1.29, 1.82) is 0 Å². The van der Waals surface area contributed by atoms with Gasteiger partial charge in [-0.25, -0.2) is 0 Å². The van der Waals surface area contributed by atoms with Crippen LogP contribution in [0.25, 0.3) is 0 Å². The summed E-state index contributed by atoms with van der Waals surface area (Å²) in [4.78, 5) is 26.1. The normalized spacial score (nSPS) is 13.5. The van der Waals surface area contributed by atoms with Gasteiger partial charge in [-0.1, -0.05) is 256 Å². The van der Waals surface area contributed by atoms with Crippen molar-refractivity contribution in [3.63, 3.8) is 0 Å². The Morgan fingerprint density at radius 2 is 0.885 bits per heavy atom. The third-order valence-electron chi connectivity index (χ3n) is 12.3. The summed E-state index contributed by atoms with van der Waals surface area (Å²) in [6.07, 6.45) is 57.8. The van der Waals surface area contributed by atoms with Crippen molar-refractivity contribution in [2.45, 2.75) is 296 Å². The quantitative estimate of drug-likeness (QED) is 0.0322. The first-order chi connectivity index (χ1) is 30.0. The number of rotatable bonds is 48. The minimum Gasteiger partial charge on any atom is -0.462 e. The highest BCUT2D eigenvalue weighted by Crippen LogP contribution is 2.18. The van der Waals surface area contributed by atoms with Crippen LogP contribution in [0.1, 0.15) is 278 Å². The van der Waals surface area contributed by atoms with E-state index in [1.807, 2.05) is 6.08 Å². The second-order valence-corrected chi connectivity index (χ2v) is 18.3. The Hall–Kier alpha value is -1.92. The number of hydrogen-bond donors (Lipinski definition) is 3. The first kappa shape index (κ1) is 59.1. The maximum atomic E-state index is 13.2. The van der Waals surface area contributed by atoms with Crippen molar-refractivity contribution in [2.75, 3.05) is 6.61 Å². The molecule has 0 heterocycles. The first-order valence-electron chi connectivity index (χ1n) is 26.7. The number of carbonyl (C=O) groups is 2. The summed E-state index contributed by atoms with van der Waals surface area (Å²) in [5.41, 5.74) is 0. The molecule has 0 aliphatic carbocycles. The number of amides is 1. The summed E-state index contributed by atoms with van der Waals surface area (Å²) in [7, 11) is 0. The van der Waals surface area contributed by atoms with E-state index >= 15 is 0 Å². The lowest BCUT2D eigenvalue weighted by Gasteiger charge is -2.24. The van der Waals surface area contributed by atoms with Crippen LogP contribution < -0.4 is 5.32 Å². The predicted octanol–water partition coefficient (Wildman–Crippen LogP) is 16.1. The topological polar surface area (TPSA) is 95.9 Å². The average Bonchev–Trinajstić information content (AvgIpc) is 3.25. The zero-order valence-corrected chi connectivity index (χ0v) is 40.8. The zero-order valence-electron chi connectivity index (χ0n) is 40.8. The highest BCUT2D eigenvalue weighted by Gasteiger charge is 2.24. The molecule has 0 aromatic heterocycles. The van der Waals surface area contributed by atoms with Crippen molar-refractivity contribution in [3.8, 4) is 0 Å². The number of ether oxygens (including phenoxy) is 1. The number of esters is 1. The number of aliphatic hydroxyl groups excluding tert-OH is 2. The van der Waals surface area contributed by atoms with Gasteiger partial charge in [0.2, 0.25) is 5.91 Å². The minimum absolute atomic E-state index is 0.0584. The van der Waals surface area contributed by atoms with E-state index in [1.54, 1.807) is 0 Å². The van der Waals surface area contributed by atoms with Crippen LogP contribution in [0.5, 0.6) is 0 Å². The van der Waals surface area contributed by atoms with Crippen LogP contribution in [0.4, 0.5) is 0 Å². The Bertz CT molecular complexity index is 1010. The highest BCUT2D eigenvalue weighted by atomic mass is 16.5. The molecule has 61 heavy (non-hydrogen) atoms. The summed E-state index contributed by atoms with van der Waals surface area (Å²) >= 11 is 0. The number of hydrogen-bond acceptors (Lipinski definition) is 5. The van der Waals surface area contributed by atoms with Gasteiger partial charge in [0.15, 0.2) is 0 Å². The molecule has 0 saturated heterocycles. The summed E-state index contributed by atoms with van der Waals surface area (Å²) in [6, 6.07) is -0.709. The standard InChI is InChI=1S/C55H103NO5/c1-4-7-10-13-16-19-22-24-26-28-30-33-36-39-42-45-48-55(60)61-51(46-43-40-37-34-31-21-18-15-12-9-6-3)49-54(59)56-52(50-57)53(58)47-44-41-38-35-32-29-27-25-23-20-17-14-11-8-5-2/h9,12,15,18,21,31,51-53,57-58H,4-8,10-11,13-14,16-17,19-20,22-30,32-50H2,1-3H3,(H,56,59)/b12-9+,18-15+,31-21-. The highest BCUT2D eigenvalue weighted by molar-refractivity contribution is 5.77. The molecular formula is C55H103NO5. The fourth-order valence-electron chi connectivity index (χ4n) is 8.26. The number of allylic oxidation sites excluding steroid dienone is 6. The summed E-state index contributed by atoms with van der Waals surface area (Å²) < 4.78 is 5.92. The maximum Gasteiger partial charge on any atom is 0.306 e. The predicted molar refractivity (Wildman–Crippen MR) is 264 cm³/mol. The van der Waals surface area contributed by atoms with Gasteiger partial charge in [-0.05, 0) is 44.9 Å². The third kappa shape index (κ3) is 44.5. The van der Waals surface area contributed by atoms with Crippen LogP contribution in [0.3, 0.4) is 0 Å². The molecule has 3 atom stereocenters. The Morgan fingerprint density at radius 3 is 1.33 bits per heavy atom. The van der Waals surface area contributed by atoms with Gasteiger partial charge >= 0.3 is 5.97 Å². The van der Waals surface area contributed by atoms with E-state index in [0.717, 1.165) is 70.6 Å². The molecule has 0 rings (SSSR count). The SMILES string of the molecule is CC/C=C/C=C/C=C\CCCCCC(CC(=O)NC(CO)C(O)CCCCCCCCCCCCCCCCC)OC(=O)CCCCCCCCCCCCCCCCCC. The van der Waals surface area contributed by atoms with Gasteiger partial charge in [-0.15, -0.1) is 0 Å². The lowest BCUT2D eigenvalue weighted by Crippen LogP contribution is -2.46. The molecule has 1 amide bonds. The second kappa shape index (κ2) is 49.1. The summed E-state index contributed by atoms with van der Waals surface area (Å²) in [6.45, 7) is 6.36. The summed E-state index contributed by atoms with van der Waals surface area (Å²) in [5, 5.41) is 23.8. The van der Waals surface area contributed by atoms with Gasteiger partial charge in [0.05, 0.1) is 25.2 Å². The minimum atomic E-state index is -0.794. The lowest BCUT2D eigenvalue weighted by atomic mass is 10.0. The molecule has 0 spiro atoms. The van der Waals surface area contributed by atoms with Gasteiger partial charge in [0.25, 0.3) is 0 Å². The molecule has 0 aromatic rings. The second-order valence-electron chi connectivity index (χ2n) is 18.3. The van der Waals surface area contributed by atoms with E-state index < -0.39 is 18.2 Å². The molecule has 358 valence electrons. The molecule has 0 aliphatic heterocycles. The van der Waals surface area contributed by atoms with Gasteiger partial charge in [-0.2, -0.15) is 0 Å². The van der Waals surface area contributed by atoms with E-state index in [4.69, 9.17) is 4.74 Å². The Balaban J connectivity index is 4.49. The molecule has 0 radical (unpaired) electrons. The zero-order chi connectivity index (χ0) is 44.5. The van der Waals surface area contributed by atoms with Crippen LogP contribution in [0.15, 0.2) is 36.5 Å².